The minimum atomic E-state index is -4.18. The van der Waals surface area contributed by atoms with Gasteiger partial charge < -0.3 is 15.8 Å². The summed E-state index contributed by atoms with van der Waals surface area (Å²) in [6.45, 7) is 0.0745. The van der Waals surface area contributed by atoms with Gasteiger partial charge in [0.1, 0.15) is 10.6 Å². The number of alkyl halides is 3. The molecular weight excluding hydrogens is 271 g/mol. The Morgan fingerprint density at radius 1 is 1.56 bits per heavy atom. The van der Waals surface area contributed by atoms with Crippen molar-refractivity contribution in [1.29, 1.82) is 0 Å². The molecule has 0 fully saturated rings. The van der Waals surface area contributed by atoms with Crippen LogP contribution in [0.5, 0.6) is 0 Å². The van der Waals surface area contributed by atoms with Gasteiger partial charge in [-0.1, -0.05) is 0 Å². The summed E-state index contributed by atoms with van der Waals surface area (Å²) in [7, 11) is 1.19. The number of nitrogen functional groups attached to an aromatic ring is 1. The number of ether oxygens (including phenoxy) is 1. The van der Waals surface area contributed by atoms with Crippen LogP contribution in [0.1, 0.15) is 23.2 Å². The zero-order chi connectivity index (χ0) is 13.8. The van der Waals surface area contributed by atoms with Crippen LogP contribution in [0.15, 0.2) is 0 Å². The molecule has 1 heterocycles. The minimum Gasteiger partial charge on any atom is -0.465 e. The Labute approximate surface area is 105 Å². The van der Waals surface area contributed by atoms with E-state index in [0.717, 1.165) is 11.5 Å². The predicted octanol–water partition coefficient (Wildman–Crippen LogP) is 2.27. The molecule has 1 aromatic heterocycles. The second-order valence-corrected chi connectivity index (χ2v) is 4.18. The van der Waals surface area contributed by atoms with E-state index in [1.807, 2.05) is 0 Å². The summed E-state index contributed by atoms with van der Waals surface area (Å²) in [6.07, 6.45) is -5.16. The number of halogens is 3. The molecule has 0 aliphatic rings. The molecule has 0 atom stereocenters. The van der Waals surface area contributed by atoms with Crippen molar-refractivity contribution in [1.82, 2.24) is 4.37 Å². The summed E-state index contributed by atoms with van der Waals surface area (Å²) < 4.78 is 44.0. The van der Waals surface area contributed by atoms with Crippen LogP contribution in [0, 0.1) is 0 Å². The average molecular weight is 283 g/mol. The van der Waals surface area contributed by atoms with Crippen LogP contribution in [-0.4, -0.2) is 30.2 Å². The summed E-state index contributed by atoms with van der Waals surface area (Å²) in [5.74, 6) is -0.662. The van der Waals surface area contributed by atoms with E-state index < -0.39 is 18.6 Å². The molecule has 1 rings (SSSR count). The van der Waals surface area contributed by atoms with Crippen molar-refractivity contribution in [2.75, 3.05) is 24.7 Å². The van der Waals surface area contributed by atoms with E-state index in [1.54, 1.807) is 0 Å². The Morgan fingerprint density at radius 2 is 2.22 bits per heavy atom. The third kappa shape index (κ3) is 4.06. The van der Waals surface area contributed by atoms with E-state index in [4.69, 9.17) is 5.73 Å². The molecule has 18 heavy (non-hydrogen) atoms. The number of rotatable bonds is 5. The highest BCUT2D eigenvalue weighted by Gasteiger charge is 2.26. The minimum absolute atomic E-state index is 0.00479. The molecule has 9 heteroatoms. The molecule has 0 aromatic carbocycles. The molecule has 0 saturated heterocycles. The average Bonchev–Trinajstić information content (AvgIpc) is 2.64. The van der Waals surface area contributed by atoms with Crippen molar-refractivity contribution in [2.45, 2.75) is 19.0 Å². The first-order valence-electron chi connectivity index (χ1n) is 4.99. The van der Waals surface area contributed by atoms with Gasteiger partial charge in [-0.05, 0) is 18.0 Å². The van der Waals surface area contributed by atoms with Crippen LogP contribution in [0.4, 0.5) is 24.0 Å². The summed E-state index contributed by atoms with van der Waals surface area (Å²) in [5, 5.41) is 3.02. The van der Waals surface area contributed by atoms with Gasteiger partial charge in [-0.25, -0.2) is 4.79 Å². The van der Waals surface area contributed by atoms with E-state index in [2.05, 4.69) is 14.4 Å². The topological polar surface area (TPSA) is 77.2 Å². The number of nitrogens with one attached hydrogen (secondary N) is 1. The monoisotopic (exact) mass is 283 g/mol. The number of hydrogen-bond donors (Lipinski definition) is 2. The van der Waals surface area contributed by atoms with Gasteiger partial charge in [0.15, 0.2) is 5.82 Å². The number of nitrogens with two attached hydrogens (primary N) is 1. The Balaban J connectivity index is 2.55. The van der Waals surface area contributed by atoms with Crippen molar-refractivity contribution in [3.63, 3.8) is 0 Å². The summed E-state index contributed by atoms with van der Waals surface area (Å²) in [6, 6.07) is 0. The predicted molar refractivity (Wildman–Crippen MR) is 61.6 cm³/mol. The molecule has 0 aliphatic carbocycles. The van der Waals surface area contributed by atoms with E-state index >= 15 is 0 Å². The number of aromatic nitrogens is 1. The van der Waals surface area contributed by atoms with Gasteiger partial charge in [-0.2, -0.15) is 17.5 Å². The lowest BCUT2D eigenvalue weighted by atomic mass is 10.3. The fourth-order valence-corrected chi connectivity index (χ4v) is 1.94. The molecule has 0 aliphatic heterocycles. The highest BCUT2D eigenvalue weighted by molar-refractivity contribution is 7.11. The molecular formula is C9H12F3N3O2S. The smallest absolute Gasteiger partial charge is 0.389 e. The summed E-state index contributed by atoms with van der Waals surface area (Å²) in [5.41, 5.74) is 5.53. The third-order valence-electron chi connectivity index (χ3n) is 2.03. The largest absolute Gasteiger partial charge is 0.465 e. The quantitative estimate of drug-likeness (QED) is 0.640. The first-order chi connectivity index (χ1) is 8.35. The fraction of sp³-hybridized carbons (Fsp3) is 0.556. The Morgan fingerprint density at radius 3 is 2.78 bits per heavy atom. The molecule has 102 valence electrons. The lowest BCUT2D eigenvalue weighted by Crippen LogP contribution is -2.12. The number of hydrogen-bond acceptors (Lipinski definition) is 6. The van der Waals surface area contributed by atoms with E-state index in [9.17, 15) is 18.0 Å². The summed E-state index contributed by atoms with van der Waals surface area (Å²) >= 11 is 0.910. The zero-order valence-electron chi connectivity index (χ0n) is 9.50. The standard InChI is InChI=1S/C9H12F3N3O2S/c1-17-8(16)5-6(13)15-18-7(5)14-4-2-3-9(10,11)12/h14H,2-4H2,1H3,(H2,13,15). The van der Waals surface area contributed by atoms with Crippen LogP contribution in [-0.2, 0) is 4.74 Å². The Kier molecular flexibility index (Phi) is 4.76. The van der Waals surface area contributed by atoms with Crippen LogP contribution >= 0.6 is 11.5 Å². The Bertz CT molecular complexity index is 420. The molecule has 5 nitrogen and oxygen atoms in total. The first-order valence-corrected chi connectivity index (χ1v) is 5.76. The van der Waals surface area contributed by atoms with Crippen molar-refractivity contribution in [3.05, 3.63) is 5.56 Å². The Hall–Kier alpha value is -1.51. The molecule has 0 amide bonds. The number of carbonyl (C=O) groups excluding carboxylic acids is 1. The van der Waals surface area contributed by atoms with Crippen LogP contribution < -0.4 is 11.1 Å². The molecule has 1 aromatic rings. The van der Waals surface area contributed by atoms with Crippen molar-refractivity contribution < 1.29 is 22.7 Å². The molecule has 0 bridgehead atoms. The number of anilines is 2. The SMILES string of the molecule is COC(=O)c1c(N)nsc1NCCCC(F)(F)F. The second kappa shape index (κ2) is 5.89. The molecule has 3 N–H and O–H groups in total. The maximum Gasteiger partial charge on any atom is 0.389 e. The number of carbonyl (C=O) groups is 1. The maximum atomic E-state index is 11.9. The molecule has 0 saturated carbocycles. The van der Waals surface area contributed by atoms with Crippen LogP contribution in [0.3, 0.4) is 0 Å². The van der Waals surface area contributed by atoms with Crippen molar-refractivity contribution in [2.24, 2.45) is 0 Å². The van der Waals surface area contributed by atoms with E-state index in [0.29, 0.717) is 5.00 Å². The van der Waals surface area contributed by atoms with Crippen LogP contribution in [0.2, 0.25) is 0 Å². The van der Waals surface area contributed by atoms with Gasteiger partial charge in [0.05, 0.1) is 7.11 Å². The lowest BCUT2D eigenvalue weighted by molar-refractivity contribution is -0.134. The number of nitrogens with zero attached hydrogens (tertiary/aromatic N) is 1. The van der Waals surface area contributed by atoms with Gasteiger partial charge in [-0.15, -0.1) is 0 Å². The van der Waals surface area contributed by atoms with Crippen molar-refractivity contribution in [3.8, 4) is 0 Å². The molecule has 0 unspecified atom stereocenters. The number of methoxy groups -OCH3 is 1. The van der Waals surface area contributed by atoms with Crippen molar-refractivity contribution >= 4 is 28.3 Å². The van der Waals surface area contributed by atoms with Gasteiger partial charge in [0.2, 0.25) is 0 Å². The van der Waals surface area contributed by atoms with Gasteiger partial charge in [-0.3, -0.25) is 0 Å². The summed E-state index contributed by atoms with van der Waals surface area (Å²) in [4.78, 5) is 11.4. The van der Waals surface area contributed by atoms with Gasteiger partial charge >= 0.3 is 12.1 Å². The maximum absolute atomic E-state index is 11.9. The zero-order valence-corrected chi connectivity index (χ0v) is 10.3. The lowest BCUT2D eigenvalue weighted by Gasteiger charge is -2.07. The fourth-order valence-electron chi connectivity index (χ4n) is 1.21. The van der Waals surface area contributed by atoms with E-state index in [1.165, 1.54) is 7.11 Å². The highest BCUT2D eigenvalue weighted by atomic mass is 32.1. The van der Waals surface area contributed by atoms with Gasteiger partial charge in [0.25, 0.3) is 0 Å². The van der Waals surface area contributed by atoms with Crippen LogP contribution in [0.25, 0.3) is 0 Å². The molecule has 0 radical (unpaired) electrons. The first kappa shape index (κ1) is 14.6. The molecule has 0 spiro atoms. The second-order valence-electron chi connectivity index (χ2n) is 3.41. The van der Waals surface area contributed by atoms with E-state index in [-0.39, 0.29) is 24.3 Å². The highest BCUT2D eigenvalue weighted by Crippen LogP contribution is 2.28. The number of esters is 1. The van der Waals surface area contributed by atoms with Gasteiger partial charge in [0, 0.05) is 13.0 Å². The third-order valence-corrected chi connectivity index (χ3v) is 2.85. The normalized spacial score (nSPS) is 11.3.